The average Bonchev–Trinajstić information content (AvgIpc) is 2.89. The largest absolute Gasteiger partial charge is 0.497 e. The third-order valence-corrected chi connectivity index (χ3v) is 7.60. The Kier molecular flexibility index (Phi) is 7.18. The molecule has 1 saturated heterocycles. The zero-order valence-electron chi connectivity index (χ0n) is 19.5. The van der Waals surface area contributed by atoms with Crippen molar-refractivity contribution in [3.8, 4) is 28.5 Å². The molecule has 180 valence electrons. The molecule has 1 fully saturated rings. The maximum atomic E-state index is 13.3. The number of hydrogen-bond donors (Lipinski definition) is 0. The summed E-state index contributed by atoms with van der Waals surface area (Å²) >= 11 is 0. The predicted octanol–water partition coefficient (Wildman–Crippen LogP) is 3.07. The molecular weight excluding hydrogens is 456 g/mol. The number of ether oxygens (including phenoxy) is 3. The van der Waals surface area contributed by atoms with Gasteiger partial charge < -0.3 is 19.1 Å². The fraction of sp³-hybridized carbons (Fsp3) is 0.333. The second-order valence-corrected chi connectivity index (χ2v) is 9.53. The summed E-state index contributed by atoms with van der Waals surface area (Å²) in [5.74, 6) is 2.37. The number of methoxy groups -OCH3 is 2. The lowest BCUT2D eigenvalue weighted by Crippen LogP contribution is -2.49. The van der Waals surface area contributed by atoms with Crippen LogP contribution in [0.2, 0.25) is 0 Å². The molecule has 0 spiro atoms. The monoisotopic (exact) mass is 484 g/mol. The Morgan fingerprint density at radius 2 is 1.59 bits per heavy atom. The Balaban J connectivity index is 1.47. The number of sulfonamides is 1. The Bertz CT molecular complexity index is 1230. The lowest BCUT2D eigenvalue weighted by Gasteiger charge is -2.34. The molecule has 3 aromatic rings. The third-order valence-electron chi connectivity index (χ3n) is 5.66. The van der Waals surface area contributed by atoms with E-state index in [1.165, 1.54) is 30.9 Å². The number of aromatic nitrogens is 2. The molecule has 0 bridgehead atoms. The van der Waals surface area contributed by atoms with Crippen molar-refractivity contribution in [2.45, 2.75) is 11.8 Å². The van der Waals surface area contributed by atoms with Gasteiger partial charge in [0.15, 0.2) is 0 Å². The Hall–Kier alpha value is -3.37. The molecule has 10 heteroatoms. The van der Waals surface area contributed by atoms with E-state index in [4.69, 9.17) is 14.2 Å². The highest BCUT2D eigenvalue weighted by Crippen LogP contribution is 2.31. The second kappa shape index (κ2) is 10.3. The van der Waals surface area contributed by atoms with Gasteiger partial charge in [-0.15, -0.1) is 0 Å². The minimum absolute atomic E-state index is 0.129. The minimum atomic E-state index is -3.71. The summed E-state index contributed by atoms with van der Waals surface area (Å²) < 4.78 is 44.0. The van der Waals surface area contributed by atoms with E-state index in [0.29, 0.717) is 38.5 Å². The minimum Gasteiger partial charge on any atom is -0.497 e. The maximum Gasteiger partial charge on any atom is 0.246 e. The van der Waals surface area contributed by atoms with Crippen molar-refractivity contribution in [2.24, 2.45) is 0 Å². The highest BCUT2D eigenvalue weighted by molar-refractivity contribution is 7.89. The Morgan fingerprint density at radius 3 is 2.24 bits per heavy atom. The van der Waals surface area contributed by atoms with Crippen LogP contribution in [0.5, 0.6) is 17.2 Å². The number of rotatable bonds is 8. The highest BCUT2D eigenvalue weighted by Gasteiger charge is 2.31. The average molecular weight is 485 g/mol. The topological polar surface area (TPSA) is 94.1 Å². The fourth-order valence-electron chi connectivity index (χ4n) is 3.85. The smallest absolute Gasteiger partial charge is 0.246 e. The van der Waals surface area contributed by atoms with Gasteiger partial charge in [0.05, 0.1) is 26.5 Å². The van der Waals surface area contributed by atoms with Crippen LogP contribution in [0.25, 0.3) is 11.3 Å². The van der Waals surface area contributed by atoms with Gasteiger partial charge in [0.1, 0.15) is 34.3 Å². The molecule has 2 heterocycles. The molecular formula is C24H28N4O5S. The molecule has 0 unspecified atom stereocenters. The first-order valence-corrected chi connectivity index (χ1v) is 12.4. The van der Waals surface area contributed by atoms with Crippen LogP contribution in [0.3, 0.4) is 0 Å². The van der Waals surface area contributed by atoms with Crippen LogP contribution in [0.1, 0.15) is 6.92 Å². The summed E-state index contributed by atoms with van der Waals surface area (Å²) in [6.45, 7) is 4.25. The zero-order valence-corrected chi connectivity index (χ0v) is 20.3. The molecule has 1 aliphatic heterocycles. The third kappa shape index (κ3) is 4.92. The summed E-state index contributed by atoms with van der Waals surface area (Å²) in [4.78, 5) is 11.0. The summed E-state index contributed by atoms with van der Waals surface area (Å²) in [5, 5.41) is 0. The van der Waals surface area contributed by atoms with Crippen LogP contribution in [-0.4, -0.2) is 69.7 Å². The van der Waals surface area contributed by atoms with Gasteiger partial charge in [-0.05, 0) is 43.3 Å². The van der Waals surface area contributed by atoms with Gasteiger partial charge in [0.2, 0.25) is 10.0 Å². The summed E-state index contributed by atoms with van der Waals surface area (Å²) in [5.41, 5.74) is 1.76. The molecule has 0 amide bonds. The first-order chi connectivity index (χ1) is 16.5. The van der Waals surface area contributed by atoms with Crippen LogP contribution in [-0.2, 0) is 10.0 Å². The summed E-state index contributed by atoms with van der Waals surface area (Å²) in [7, 11) is -0.742. The van der Waals surface area contributed by atoms with Gasteiger partial charge in [-0.1, -0.05) is 0 Å². The van der Waals surface area contributed by atoms with E-state index in [1.54, 1.807) is 12.1 Å². The van der Waals surface area contributed by atoms with Crippen molar-refractivity contribution in [3.63, 3.8) is 0 Å². The fourth-order valence-corrected chi connectivity index (χ4v) is 5.41. The number of hydrogen-bond acceptors (Lipinski definition) is 8. The lowest BCUT2D eigenvalue weighted by molar-refractivity contribution is 0.340. The molecule has 9 nitrogen and oxygen atoms in total. The summed E-state index contributed by atoms with van der Waals surface area (Å²) in [6, 6.07) is 14.4. The van der Waals surface area contributed by atoms with Crippen molar-refractivity contribution < 1.29 is 22.6 Å². The van der Waals surface area contributed by atoms with Crippen LogP contribution < -0.4 is 19.1 Å². The van der Waals surface area contributed by atoms with Crippen molar-refractivity contribution >= 4 is 15.8 Å². The van der Waals surface area contributed by atoms with Crippen LogP contribution >= 0.6 is 0 Å². The first-order valence-electron chi connectivity index (χ1n) is 11.0. The van der Waals surface area contributed by atoms with Gasteiger partial charge in [-0.3, -0.25) is 0 Å². The van der Waals surface area contributed by atoms with E-state index < -0.39 is 10.0 Å². The second-order valence-electron chi connectivity index (χ2n) is 7.63. The van der Waals surface area contributed by atoms with Crippen molar-refractivity contribution in [1.29, 1.82) is 0 Å². The molecule has 0 atom stereocenters. The van der Waals surface area contributed by atoms with Crippen molar-refractivity contribution in [3.05, 3.63) is 54.9 Å². The number of anilines is 1. The molecule has 0 radical (unpaired) electrons. The van der Waals surface area contributed by atoms with Crippen molar-refractivity contribution in [1.82, 2.24) is 14.3 Å². The Morgan fingerprint density at radius 1 is 0.882 bits per heavy atom. The molecule has 4 rings (SSSR count). The summed E-state index contributed by atoms with van der Waals surface area (Å²) in [6.07, 6.45) is 1.53. The maximum absolute atomic E-state index is 13.3. The van der Waals surface area contributed by atoms with E-state index in [0.717, 1.165) is 22.8 Å². The molecule has 0 aliphatic carbocycles. The van der Waals surface area contributed by atoms with E-state index in [-0.39, 0.29) is 10.6 Å². The van der Waals surface area contributed by atoms with Gasteiger partial charge >= 0.3 is 0 Å². The molecule has 34 heavy (non-hydrogen) atoms. The first kappa shape index (κ1) is 23.8. The predicted molar refractivity (Wildman–Crippen MR) is 129 cm³/mol. The van der Waals surface area contributed by atoms with Gasteiger partial charge in [-0.2, -0.15) is 4.31 Å². The van der Waals surface area contributed by atoms with Gasteiger partial charge in [-0.25, -0.2) is 18.4 Å². The molecule has 1 aromatic heterocycles. The van der Waals surface area contributed by atoms with Crippen molar-refractivity contribution in [2.75, 3.05) is 51.9 Å². The van der Waals surface area contributed by atoms with Crippen LogP contribution in [0, 0.1) is 0 Å². The standard InChI is InChI=1S/C24H28N4O5S/c1-4-33-19-7-5-18(6-8-19)21-16-24(26-17-25-21)27-11-13-28(14-12-27)34(29,30)23-10-9-20(31-2)15-22(23)32-3/h5-10,15-17H,4,11-14H2,1-3H3. The number of benzene rings is 2. The van der Waals surface area contributed by atoms with E-state index >= 15 is 0 Å². The number of piperazine rings is 1. The van der Waals surface area contributed by atoms with E-state index in [2.05, 4.69) is 14.9 Å². The highest BCUT2D eigenvalue weighted by atomic mass is 32.2. The molecule has 2 aromatic carbocycles. The van der Waals surface area contributed by atoms with Gasteiger partial charge in [0.25, 0.3) is 0 Å². The zero-order chi connectivity index (χ0) is 24.1. The molecule has 0 N–H and O–H groups in total. The van der Waals surface area contributed by atoms with E-state index in [1.807, 2.05) is 37.3 Å². The lowest BCUT2D eigenvalue weighted by atomic mass is 10.1. The van der Waals surface area contributed by atoms with Gasteiger partial charge in [0, 0.05) is 43.9 Å². The quantitative estimate of drug-likeness (QED) is 0.482. The molecule has 1 aliphatic rings. The number of nitrogens with zero attached hydrogens (tertiary/aromatic N) is 4. The Labute approximate surface area is 200 Å². The molecule has 0 saturated carbocycles. The van der Waals surface area contributed by atoms with Crippen LogP contribution in [0.15, 0.2) is 59.8 Å². The normalized spacial score (nSPS) is 14.6. The van der Waals surface area contributed by atoms with Crippen LogP contribution in [0.4, 0.5) is 5.82 Å². The SMILES string of the molecule is CCOc1ccc(-c2cc(N3CCN(S(=O)(=O)c4ccc(OC)cc4OC)CC3)ncn2)cc1. The van der Waals surface area contributed by atoms with E-state index in [9.17, 15) is 8.42 Å².